The van der Waals surface area contributed by atoms with Crippen molar-refractivity contribution in [1.82, 2.24) is 15.0 Å². The van der Waals surface area contributed by atoms with Crippen molar-refractivity contribution < 1.29 is 0 Å². The van der Waals surface area contributed by atoms with E-state index in [2.05, 4.69) is 38.9 Å². The molecule has 0 saturated heterocycles. The maximum Gasteiger partial charge on any atom is 0.251 e. The molecule has 0 atom stereocenters. The van der Waals surface area contributed by atoms with Gasteiger partial charge in [0.2, 0.25) is 0 Å². The van der Waals surface area contributed by atoms with E-state index in [9.17, 15) is 4.79 Å². The molecule has 0 aliphatic carbocycles. The average Bonchev–Trinajstić information content (AvgIpc) is 2.99. The normalized spacial score (nSPS) is 10.8. The Morgan fingerprint density at radius 3 is 2.71 bits per heavy atom. The van der Waals surface area contributed by atoms with Crippen LogP contribution in [0.4, 0.5) is 5.82 Å². The van der Waals surface area contributed by atoms with Crippen LogP contribution in [-0.4, -0.2) is 22.0 Å². The van der Waals surface area contributed by atoms with Crippen LogP contribution in [0.2, 0.25) is 0 Å². The number of nitrogens with one attached hydrogen (secondary N) is 1. The Balaban J connectivity index is 1.80. The van der Waals surface area contributed by atoms with E-state index < -0.39 is 0 Å². The van der Waals surface area contributed by atoms with Gasteiger partial charge < -0.3 is 9.88 Å². The lowest BCUT2D eigenvalue weighted by molar-refractivity contribution is 0.912. The second kappa shape index (κ2) is 6.97. The first-order valence-corrected chi connectivity index (χ1v) is 8.70. The summed E-state index contributed by atoms with van der Waals surface area (Å²) in [7, 11) is 2.02. The molecule has 0 saturated carbocycles. The van der Waals surface area contributed by atoms with E-state index in [1.54, 1.807) is 17.5 Å². The van der Waals surface area contributed by atoms with Gasteiger partial charge in [0.1, 0.15) is 11.6 Å². The lowest BCUT2D eigenvalue weighted by Crippen LogP contribution is -2.17. The van der Waals surface area contributed by atoms with Crippen LogP contribution < -0.4 is 10.5 Å². The molecule has 3 rings (SSSR count). The fourth-order valence-electron chi connectivity index (χ4n) is 2.46. The fraction of sp³-hybridized carbons (Fsp3) is 0.278. The molecule has 0 radical (unpaired) electrons. The zero-order valence-electron chi connectivity index (χ0n) is 14.0. The molecule has 0 aliphatic heterocycles. The minimum atomic E-state index is -0.133. The topological polar surface area (TPSA) is 61.9 Å². The highest BCUT2D eigenvalue weighted by Crippen LogP contribution is 2.21. The molecule has 3 aromatic rings. The van der Waals surface area contributed by atoms with E-state index in [1.807, 2.05) is 26.1 Å². The second-order valence-corrected chi connectivity index (χ2v) is 7.08. The van der Waals surface area contributed by atoms with Gasteiger partial charge in [0.15, 0.2) is 0 Å². The monoisotopic (exact) mass is 340 g/mol. The predicted octanol–water partition coefficient (Wildman–Crippen LogP) is 3.40. The van der Waals surface area contributed by atoms with Crippen LogP contribution >= 0.6 is 11.3 Å². The summed E-state index contributed by atoms with van der Waals surface area (Å²) in [4.78, 5) is 28.2. The van der Waals surface area contributed by atoms with E-state index in [0.717, 1.165) is 30.0 Å². The van der Waals surface area contributed by atoms with Crippen LogP contribution in [-0.2, 0) is 13.0 Å². The largest absolute Gasteiger partial charge is 0.355 e. The third kappa shape index (κ3) is 3.71. The molecule has 1 N–H and O–H groups in total. The van der Waals surface area contributed by atoms with Crippen molar-refractivity contribution in [3.8, 4) is 11.4 Å². The molecule has 0 bridgehead atoms. The summed E-state index contributed by atoms with van der Waals surface area (Å²) in [6.45, 7) is 4.92. The summed E-state index contributed by atoms with van der Waals surface area (Å²) >= 11 is 1.80. The maximum atomic E-state index is 11.7. The van der Waals surface area contributed by atoms with Gasteiger partial charge in [-0.3, -0.25) is 4.79 Å². The van der Waals surface area contributed by atoms with Gasteiger partial charge in [-0.15, -0.1) is 11.3 Å². The Morgan fingerprint density at radius 1 is 1.25 bits per heavy atom. The minimum Gasteiger partial charge on any atom is -0.355 e. The number of aromatic nitrogens is 3. The maximum absolute atomic E-state index is 11.7. The highest BCUT2D eigenvalue weighted by Gasteiger charge is 2.08. The highest BCUT2D eigenvalue weighted by molar-refractivity contribution is 7.11. The highest BCUT2D eigenvalue weighted by atomic mass is 32.1. The average molecular weight is 340 g/mol. The van der Waals surface area contributed by atoms with Crippen LogP contribution in [0.25, 0.3) is 11.4 Å². The van der Waals surface area contributed by atoms with Gasteiger partial charge in [0.05, 0.1) is 6.54 Å². The first-order valence-electron chi connectivity index (χ1n) is 7.88. The van der Waals surface area contributed by atoms with Gasteiger partial charge >= 0.3 is 0 Å². The van der Waals surface area contributed by atoms with Gasteiger partial charge in [0, 0.05) is 40.3 Å². The van der Waals surface area contributed by atoms with Crippen molar-refractivity contribution in [3.63, 3.8) is 0 Å². The number of hydrogen-bond donors (Lipinski definition) is 1. The summed E-state index contributed by atoms with van der Waals surface area (Å²) in [6.07, 6.45) is 2.48. The molecule has 5 nitrogen and oxygen atoms in total. The number of aromatic amines is 1. The van der Waals surface area contributed by atoms with Gasteiger partial charge in [-0.2, -0.15) is 0 Å². The third-order valence-electron chi connectivity index (χ3n) is 3.76. The van der Waals surface area contributed by atoms with Gasteiger partial charge in [-0.25, -0.2) is 9.97 Å². The van der Waals surface area contributed by atoms with Crippen LogP contribution in [0.1, 0.15) is 22.4 Å². The molecular formula is C18H20N4OS. The van der Waals surface area contributed by atoms with Crippen molar-refractivity contribution in [1.29, 1.82) is 0 Å². The molecule has 0 amide bonds. The summed E-state index contributed by atoms with van der Waals surface area (Å²) in [5.41, 5.74) is 1.46. The van der Waals surface area contributed by atoms with E-state index in [-0.39, 0.29) is 5.56 Å². The molecule has 24 heavy (non-hydrogen) atoms. The lowest BCUT2D eigenvalue weighted by atomic mass is 10.2. The zero-order valence-corrected chi connectivity index (χ0v) is 14.9. The van der Waals surface area contributed by atoms with Gasteiger partial charge in [-0.05, 0) is 37.6 Å². The van der Waals surface area contributed by atoms with Crippen molar-refractivity contribution >= 4 is 17.2 Å². The Bertz CT molecular complexity index is 883. The second-order valence-electron chi connectivity index (χ2n) is 5.71. The van der Waals surface area contributed by atoms with E-state index in [0.29, 0.717) is 5.82 Å². The number of nitrogens with zero attached hydrogens (tertiary/aromatic N) is 3. The van der Waals surface area contributed by atoms with Crippen LogP contribution in [0, 0.1) is 6.92 Å². The Hall–Kier alpha value is -2.47. The number of H-pyrrole nitrogens is 1. The number of anilines is 1. The zero-order chi connectivity index (χ0) is 17.1. The quantitative estimate of drug-likeness (QED) is 0.773. The Kier molecular flexibility index (Phi) is 4.76. The number of hydrogen-bond acceptors (Lipinski definition) is 5. The number of aryl methyl sites for hydroxylation is 2. The van der Waals surface area contributed by atoms with Crippen molar-refractivity contribution in [3.05, 3.63) is 62.3 Å². The number of rotatable bonds is 5. The van der Waals surface area contributed by atoms with E-state index in [1.165, 1.54) is 15.8 Å². The molecule has 0 aromatic carbocycles. The van der Waals surface area contributed by atoms with E-state index >= 15 is 0 Å². The first-order chi connectivity index (χ1) is 11.5. The smallest absolute Gasteiger partial charge is 0.251 e. The molecule has 6 heteroatoms. The molecule has 0 aliphatic rings. The Labute approximate surface area is 145 Å². The molecule has 3 aromatic heterocycles. The summed E-state index contributed by atoms with van der Waals surface area (Å²) in [6, 6.07) is 9.70. The van der Waals surface area contributed by atoms with Crippen molar-refractivity contribution in [2.75, 3.05) is 11.9 Å². The lowest BCUT2D eigenvalue weighted by Gasteiger charge is -2.17. The van der Waals surface area contributed by atoms with Crippen LogP contribution in [0.5, 0.6) is 0 Å². The standard InChI is InChI=1S/C18H20N4OS/c1-4-14-9-17(23)21-18(20-14)13-6-8-16(19-10-13)22(3)11-15-7-5-12(2)24-15/h5-10H,4,11H2,1-3H3,(H,20,21,23). The molecule has 0 fully saturated rings. The van der Waals surface area contributed by atoms with E-state index in [4.69, 9.17) is 0 Å². The summed E-state index contributed by atoms with van der Waals surface area (Å²) in [5, 5.41) is 0. The van der Waals surface area contributed by atoms with Gasteiger partial charge in [-0.1, -0.05) is 6.92 Å². The molecular weight excluding hydrogens is 320 g/mol. The van der Waals surface area contributed by atoms with Crippen molar-refractivity contribution in [2.24, 2.45) is 0 Å². The van der Waals surface area contributed by atoms with Crippen molar-refractivity contribution in [2.45, 2.75) is 26.8 Å². The predicted molar refractivity (Wildman–Crippen MR) is 98.6 cm³/mol. The molecule has 0 spiro atoms. The molecule has 124 valence electrons. The summed E-state index contributed by atoms with van der Waals surface area (Å²) in [5.74, 6) is 1.45. The summed E-state index contributed by atoms with van der Waals surface area (Å²) < 4.78 is 0. The first kappa shape index (κ1) is 16.4. The minimum absolute atomic E-state index is 0.133. The molecule has 0 unspecified atom stereocenters. The SMILES string of the molecule is CCc1cc(=O)[nH]c(-c2ccc(N(C)Cc3ccc(C)s3)nc2)n1. The number of pyridine rings is 1. The Morgan fingerprint density at radius 2 is 2.08 bits per heavy atom. The molecule has 3 heterocycles. The van der Waals surface area contributed by atoms with Crippen LogP contribution in [0.3, 0.4) is 0 Å². The number of thiophene rings is 1. The third-order valence-corrected chi connectivity index (χ3v) is 4.74. The van der Waals surface area contributed by atoms with Crippen LogP contribution in [0.15, 0.2) is 41.3 Å². The fourth-order valence-corrected chi connectivity index (χ4v) is 3.41. The van der Waals surface area contributed by atoms with Gasteiger partial charge in [0.25, 0.3) is 5.56 Å².